The summed E-state index contributed by atoms with van der Waals surface area (Å²) in [6.07, 6.45) is 3.35. The molecule has 1 heterocycles. The summed E-state index contributed by atoms with van der Waals surface area (Å²) in [6.45, 7) is 2.89. The van der Waals surface area contributed by atoms with Gasteiger partial charge < -0.3 is 11.1 Å². The van der Waals surface area contributed by atoms with Crippen molar-refractivity contribution in [3.8, 4) is 0 Å². The zero-order chi connectivity index (χ0) is 10.2. The SMILES string of the molecule is NCCCCNCCc1ccc(Cl)s1. The third kappa shape index (κ3) is 4.96. The molecule has 0 aliphatic rings. The molecule has 1 rings (SSSR count). The molecule has 0 aliphatic heterocycles. The first-order chi connectivity index (χ1) is 6.83. The molecular formula is C10H17ClN2S. The molecule has 2 nitrogen and oxygen atoms in total. The van der Waals surface area contributed by atoms with Crippen LogP contribution in [0.3, 0.4) is 0 Å². The highest BCUT2D eigenvalue weighted by Crippen LogP contribution is 2.21. The van der Waals surface area contributed by atoms with Crippen LogP contribution in [-0.2, 0) is 6.42 Å². The smallest absolute Gasteiger partial charge is 0.0931 e. The van der Waals surface area contributed by atoms with E-state index in [0.29, 0.717) is 0 Å². The predicted octanol–water partition coefficient (Wildman–Crippen LogP) is 2.27. The van der Waals surface area contributed by atoms with Crippen molar-refractivity contribution < 1.29 is 0 Å². The molecule has 0 amide bonds. The second-order valence-electron chi connectivity index (χ2n) is 3.20. The van der Waals surface area contributed by atoms with Crippen molar-refractivity contribution in [1.82, 2.24) is 5.32 Å². The highest BCUT2D eigenvalue weighted by Gasteiger charge is 1.96. The molecular weight excluding hydrogens is 216 g/mol. The topological polar surface area (TPSA) is 38.0 Å². The van der Waals surface area contributed by atoms with Gasteiger partial charge in [-0.05, 0) is 51.0 Å². The van der Waals surface area contributed by atoms with Crippen LogP contribution in [0.15, 0.2) is 12.1 Å². The van der Waals surface area contributed by atoms with Crippen LogP contribution >= 0.6 is 22.9 Å². The Labute approximate surface area is 94.5 Å². The number of thiophene rings is 1. The lowest BCUT2D eigenvalue weighted by atomic mass is 10.3. The third-order valence-electron chi connectivity index (χ3n) is 1.98. The van der Waals surface area contributed by atoms with Gasteiger partial charge in [0.15, 0.2) is 0 Å². The highest BCUT2D eigenvalue weighted by molar-refractivity contribution is 7.16. The van der Waals surface area contributed by atoms with E-state index in [1.54, 1.807) is 11.3 Å². The maximum atomic E-state index is 5.83. The largest absolute Gasteiger partial charge is 0.330 e. The first-order valence-corrected chi connectivity index (χ1v) is 6.17. The molecule has 1 aromatic heterocycles. The Kier molecular flexibility index (Phi) is 6.19. The number of nitrogens with one attached hydrogen (secondary N) is 1. The van der Waals surface area contributed by atoms with Crippen molar-refractivity contribution >= 4 is 22.9 Å². The Balaban J connectivity index is 1.99. The van der Waals surface area contributed by atoms with Crippen molar-refractivity contribution in [2.45, 2.75) is 19.3 Å². The van der Waals surface area contributed by atoms with Crippen molar-refractivity contribution in [2.75, 3.05) is 19.6 Å². The molecule has 4 heteroatoms. The lowest BCUT2D eigenvalue weighted by Crippen LogP contribution is -2.18. The lowest BCUT2D eigenvalue weighted by molar-refractivity contribution is 0.629. The summed E-state index contributed by atoms with van der Waals surface area (Å²) < 4.78 is 0.878. The average Bonchev–Trinajstić information content (AvgIpc) is 2.58. The minimum Gasteiger partial charge on any atom is -0.330 e. The zero-order valence-corrected chi connectivity index (χ0v) is 9.83. The second-order valence-corrected chi connectivity index (χ2v) is 5.00. The van der Waals surface area contributed by atoms with Gasteiger partial charge in [-0.15, -0.1) is 11.3 Å². The fourth-order valence-electron chi connectivity index (χ4n) is 1.22. The molecule has 0 fully saturated rings. The first kappa shape index (κ1) is 12.0. The molecule has 0 saturated carbocycles. The summed E-state index contributed by atoms with van der Waals surface area (Å²) in [6, 6.07) is 4.05. The Morgan fingerprint density at radius 3 is 2.79 bits per heavy atom. The van der Waals surface area contributed by atoms with Gasteiger partial charge in [0.1, 0.15) is 0 Å². The van der Waals surface area contributed by atoms with E-state index in [2.05, 4.69) is 11.4 Å². The van der Waals surface area contributed by atoms with E-state index >= 15 is 0 Å². The fraction of sp³-hybridized carbons (Fsp3) is 0.600. The van der Waals surface area contributed by atoms with Crippen molar-refractivity contribution in [2.24, 2.45) is 5.73 Å². The van der Waals surface area contributed by atoms with E-state index < -0.39 is 0 Å². The number of hydrogen-bond donors (Lipinski definition) is 2. The molecule has 0 radical (unpaired) electrons. The molecule has 0 spiro atoms. The van der Waals surface area contributed by atoms with E-state index in [9.17, 15) is 0 Å². The van der Waals surface area contributed by atoms with E-state index in [1.165, 1.54) is 11.3 Å². The maximum absolute atomic E-state index is 5.83. The van der Waals surface area contributed by atoms with Crippen LogP contribution in [0.5, 0.6) is 0 Å². The summed E-state index contributed by atoms with van der Waals surface area (Å²) >= 11 is 7.49. The predicted molar refractivity (Wildman–Crippen MR) is 64.2 cm³/mol. The minimum atomic E-state index is 0.794. The number of unbranched alkanes of at least 4 members (excludes halogenated alkanes) is 1. The summed E-state index contributed by atoms with van der Waals surface area (Å²) in [4.78, 5) is 1.35. The van der Waals surface area contributed by atoms with Crippen LogP contribution in [0.1, 0.15) is 17.7 Å². The molecule has 3 N–H and O–H groups in total. The van der Waals surface area contributed by atoms with Gasteiger partial charge in [0.05, 0.1) is 4.34 Å². The van der Waals surface area contributed by atoms with Gasteiger partial charge in [0.2, 0.25) is 0 Å². The Hall–Kier alpha value is -0.0900. The molecule has 0 unspecified atom stereocenters. The maximum Gasteiger partial charge on any atom is 0.0931 e. The van der Waals surface area contributed by atoms with Crippen molar-refractivity contribution in [3.63, 3.8) is 0 Å². The Morgan fingerprint density at radius 1 is 1.29 bits per heavy atom. The van der Waals surface area contributed by atoms with Crippen molar-refractivity contribution in [1.29, 1.82) is 0 Å². The van der Waals surface area contributed by atoms with E-state index in [-0.39, 0.29) is 0 Å². The molecule has 80 valence electrons. The normalized spacial score (nSPS) is 10.7. The molecule has 0 saturated heterocycles. The van der Waals surface area contributed by atoms with Gasteiger partial charge in [-0.25, -0.2) is 0 Å². The van der Waals surface area contributed by atoms with Gasteiger partial charge in [-0.1, -0.05) is 11.6 Å². The monoisotopic (exact) mass is 232 g/mol. The fourth-order valence-corrected chi connectivity index (χ4v) is 2.30. The number of rotatable bonds is 7. The van der Waals surface area contributed by atoms with Gasteiger partial charge >= 0.3 is 0 Å². The second kappa shape index (κ2) is 7.23. The first-order valence-electron chi connectivity index (χ1n) is 4.98. The molecule has 14 heavy (non-hydrogen) atoms. The summed E-state index contributed by atoms with van der Waals surface area (Å²) in [7, 11) is 0. The quantitative estimate of drug-likeness (QED) is 0.708. The van der Waals surface area contributed by atoms with Crippen LogP contribution < -0.4 is 11.1 Å². The van der Waals surface area contributed by atoms with Crippen LogP contribution in [0.25, 0.3) is 0 Å². The van der Waals surface area contributed by atoms with Gasteiger partial charge in [0, 0.05) is 4.88 Å². The summed E-state index contributed by atoms with van der Waals surface area (Å²) in [5, 5.41) is 3.39. The molecule has 0 bridgehead atoms. The molecule has 0 atom stereocenters. The van der Waals surface area contributed by atoms with Gasteiger partial charge in [-0.3, -0.25) is 0 Å². The highest BCUT2D eigenvalue weighted by atomic mass is 35.5. The van der Waals surface area contributed by atoms with Gasteiger partial charge in [-0.2, -0.15) is 0 Å². The van der Waals surface area contributed by atoms with E-state index in [4.69, 9.17) is 17.3 Å². The number of nitrogens with two attached hydrogens (primary N) is 1. The average molecular weight is 233 g/mol. The molecule has 0 aromatic carbocycles. The standard InChI is InChI=1S/C10H17ClN2S/c11-10-4-3-9(14-10)5-8-13-7-2-1-6-12/h3-4,13H,1-2,5-8,12H2. The Bertz CT molecular complexity index is 250. The summed E-state index contributed by atoms with van der Waals surface area (Å²) in [5.41, 5.74) is 5.40. The van der Waals surface area contributed by atoms with Gasteiger partial charge in [0.25, 0.3) is 0 Å². The van der Waals surface area contributed by atoms with Crippen LogP contribution in [0.4, 0.5) is 0 Å². The van der Waals surface area contributed by atoms with Crippen molar-refractivity contribution in [3.05, 3.63) is 21.3 Å². The molecule has 1 aromatic rings. The number of hydrogen-bond acceptors (Lipinski definition) is 3. The summed E-state index contributed by atoms with van der Waals surface area (Å²) in [5.74, 6) is 0. The number of halogens is 1. The van der Waals surface area contributed by atoms with E-state index in [0.717, 1.165) is 36.8 Å². The van der Waals surface area contributed by atoms with Crippen LogP contribution in [0, 0.1) is 0 Å². The zero-order valence-electron chi connectivity index (χ0n) is 8.26. The van der Waals surface area contributed by atoms with Crippen LogP contribution in [0.2, 0.25) is 4.34 Å². The molecule has 0 aliphatic carbocycles. The lowest BCUT2D eigenvalue weighted by Gasteiger charge is -2.02. The third-order valence-corrected chi connectivity index (χ3v) is 3.28. The van der Waals surface area contributed by atoms with Crippen LogP contribution in [-0.4, -0.2) is 19.6 Å². The Morgan fingerprint density at radius 2 is 2.14 bits per heavy atom. The van der Waals surface area contributed by atoms with E-state index in [1.807, 2.05) is 6.07 Å². The minimum absolute atomic E-state index is 0.794.